The van der Waals surface area contributed by atoms with E-state index in [-0.39, 0.29) is 12.1 Å². The molecule has 0 saturated carbocycles. The Bertz CT molecular complexity index is 822. The van der Waals surface area contributed by atoms with Crippen LogP contribution in [0.5, 0.6) is 0 Å². The minimum Gasteiger partial charge on any atom is -0.444 e. The number of pyridine rings is 1. The average molecular weight is 374 g/mol. The molecule has 1 aliphatic heterocycles. The summed E-state index contributed by atoms with van der Waals surface area (Å²) in [6.07, 6.45) is 3.55. The minimum atomic E-state index is -0.472. The lowest BCUT2D eigenvalue weighted by Gasteiger charge is -2.34. The van der Waals surface area contributed by atoms with Gasteiger partial charge in [-0.1, -0.05) is 6.58 Å². The zero-order valence-corrected chi connectivity index (χ0v) is 16.8. The van der Waals surface area contributed by atoms with Gasteiger partial charge in [0.15, 0.2) is 0 Å². The van der Waals surface area contributed by atoms with Crippen LogP contribution in [0.2, 0.25) is 0 Å². The molecule has 5 nitrogen and oxygen atoms in total. The summed E-state index contributed by atoms with van der Waals surface area (Å²) in [6, 6.07) is 2.21. The van der Waals surface area contributed by atoms with Crippen molar-refractivity contribution in [2.24, 2.45) is 0 Å². The molecule has 26 heavy (non-hydrogen) atoms. The summed E-state index contributed by atoms with van der Waals surface area (Å²) in [4.78, 5) is 18.7. The van der Waals surface area contributed by atoms with E-state index in [4.69, 9.17) is 4.74 Å². The number of thiophene rings is 1. The molecule has 1 atom stereocenters. The van der Waals surface area contributed by atoms with Crippen molar-refractivity contribution in [3.63, 3.8) is 0 Å². The molecule has 3 heterocycles. The summed E-state index contributed by atoms with van der Waals surface area (Å²) in [7, 11) is 0. The summed E-state index contributed by atoms with van der Waals surface area (Å²) >= 11 is 1.68. The number of piperidine rings is 1. The van der Waals surface area contributed by atoms with E-state index in [1.54, 1.807) is 16.2 Å². The molecular formula is C20H27N3O2S. The van der Waals surface area contributed by atoms with E-state index in [0.29, 0.717) is 6.54 Å². The topological polar surface area (TPSA) is 54.5 Å². The van der Waals surface area contributed by atoms with Crippen molar-refractivity contribution in [3.05, 3.63) is 29.8 Å². The molecule has 0 bridgehead atoms. The number of carbonyl (C=O) groups is 1. The van der Waals surface area contributed by atoms with Crippen LogP contribution in [-0.4, -0.2) is 40.7 Å². The van der Waals surface area contributed by atoms with Gasteiger partial charge in [-0.25, -0.2) is 9.78 Å². The lowest BCUT2D eigenvalue weighted by atomic mass is 10.1. The lowest BCUT2D eigenvalue weighted by Crippen LogP contribution is -2.47. The Morgan fingerprint density at radius 1 is 1.46 bits per heavy atom. The second-order valence-electron chi connectivity index (χ2n) is 7.88. The number of carbonyl (C=O) groups excluding carboxylic acids is 1. The summed E-state index contributed by atoms with van der Waals surface area (Å²) in [5.41, 5.74) is 1.76. The fourth-order valence-corrected chi connectivity index (χ4v) is 4.27. The Balaban J connectivity index is 1.74. The normalized spacial score (nSPS) is 18.0. The number of nitrogens with one attached hydrogen (secondary N) is 1. The second-order valence-corrected chi connectivity index (χ2v) is 8.76. The van der Waals surface area contributed by atoms with Crippen molar-refractivity contribution < 1.29 is 9.53 Å². The van der Waals surface area contributed by atoms with Crippen LogP contribution in [0.1, 0.15) is 46.1 Å². The Hall–Kier alpha value is -2.08. The van der Waals surface area contributed by atoms with E-state index in [9.17, 15) is 4.79 Å². The highest BCUT2D eigenvalue weighted by molar-refractivity contribution is 7.18. The van der Waals surface area contributed by atoms with Crippen LogP contribution in [0.25, 0.3) is 15.7 Å². The number of allylic oxidation sites excluding steroid dienone is 1. The van der Waals surface area contributed by atoms with Gasteiger partial charge in [0.05, 0.1) is 4.70 Å². The van der Waals surface area contributed by atoms with Crippen LogP contribution in [0.3, 0.4) is 0 Å². The smallest absolute Gasteiger partial charge is 0.410 e. The van der Waals surface area contributed by atoms with Crippen molar-refractivity contribution >= 4 is 38.9 Å². The van der Waals surface area contributed by atoms with E-state index in [0.717, 1.165) is 35.5 Å². The van der Waals surface area contributed by atoms with Gasteiger partial charge in [-0.3, -0.25) is 0 Å². The fraction of sp³-hybridized carbons (Fsp3) is 0.500. The molecule has 0 unspecified atom stereocenters. The van der Waals surface area contributed by atoms with Crippen molar-refractivity contribution in [3.8, 4) is 0 Å². The van der Waals surface area contributed by atoms with Gasteiger partial charge >= 0.3 is 6.09 Å². The molecule has 0 spiro atoms. The molecule has 2 aromatic heterocycles. The number of amides is 1. The first-order chi connectivity index (χ1) is 12.2. The van der Waals surface area contributed by atoms with Gasteiger partial charge in [0.2, 0.25) is 0 Å². The zero-order valence-electron chi connectivity index (χ0n) is 16.0. The fourth-order valence-electron chi connectivity index (χ4n) is 3.17. The van der Waals surface area contributed by atoms with Crippen molar-refractivity contribution in [1.29, 1.82) is 0 Å². The number of ether oxygens (including phenoxy) is 1. The third-order valence-corrected chi connectivity index (χ3v) is 5.37. The number of fused-ring (bicyclic) bond motifs is 1. The molecule has 3 rings (SSSR count). The summed E-state index contributed by atoms with van der Waals surface area (Å²) in [5.74, 6) is 0.885. The van der Waals surface area contributed by atoms with Gasteiger partial charge in [-0.05, 0) is 63.1 Å². The predicted molar refractivity (Wildman–Crippen MR) is 109 cm³/mol. The molecule has 2 aromatic rings. The van der Waals surface area contributed by atoms with Crippen LogP contribution in [-0.2, 0) is 4.74 Å². The summed E-state index contributed by atoms with van der Waals surface area (Å²) in [6.45, 7) is 13.1. The number of hydrogen-bond acceptors (Lipinski definition) is 5. The SMILES string of the molecule is C=C(C)c1csc2c(N[C@@H]3CCCN(C(=O)OC(C)(C)C)C3)nccc12. The van der Waals surface area contributed by atoms with Crippen LogP contribution in [0.4, 0.5) is 10.6 Å². The number of nitrogens with zero attached hydrogens (tertiary/aromatic N) is 2. The van der Waals surface area contributed by atoms with Crippen molar-refractivity contribution in [2.45, 2.75) is 52.2 Å². The number of hydrogen-bond donors (Lipinski definition) is 1. The van der Waals surface area contributed by atoms with Crippen LogP contribution in [0.15, 0.2) is 24.2 Å². The molecule has 1 fully saturated rings. The molecule has 1 N–H and O–H groups in total. The molecule has 1 aliphatic rings. The van der Waals surface area contributed by atoms with Gasteiger partial charge < -0.3 is 15.0 Å². The third kappa shape index (κ3) is 4.18. The maximum atomic E-state index is 12.4. The maximum absolute atomic E-state index is 12.4. The van der Waals surface area contributed by atoms with E-state index in [1.165, 1.54) is 10.9 Å². The summed E-state index contributed by atoms with van der Waals surface area (Å²) < 4.78 is 6.65. The second kappa shape index (κ2) is 7.27. The Kier molecular flexibility index (Phi) is 5.23. The van der Waals surface area contributed by atoms with E-state index in [1.807, 2.05) is 40.0 Å². The van der Waals surface area contributed by atoms with Gasteiger partial charge in [-0.2, -0.15) is 0 Å². The van der Waals surface area contributed by atoms with Gasteiger partial charge in [0, 0.05) is 30.7 Å². The Labute approximate surface area is 159 Å². The van der Waals surface area contributed by atoms with Crippen molar-refractivity contribution in [1.82, 2.24) is 9.88 Å². The Morgan fingerprint density at radius 3 is 2.92 bits per heavy atom. The minimum absolute atomic E-state index is 0.171. The van der Waals surface area contributed by atoms with Crippen LogP contribution >= 0.6 is 11.3 Å². The molecule has 6 heteroatoms. The lowest BCUT2D eigenvalue weighted by molar-refractivity contribution is 0.0206. The van der Waals surface area contributed by atoms with Crippen LogP contribution < -0.4 is 5.32 Å². The van der Waals surface area contributed by atoms with E-state index < -0.39 is 5.60 Å². The first-order valence-electron chi connectivity index (χ1n) is 9.01. The number of aromatic nitrogens is 1. The van der Waals surface area contributed by atoms with Gasteiger partial charge in [0.25, 0.3) is 0 Å². The molecule has 1 amide bonds. The first-order valence-corrected chi connectivity index (χ1v) is 9.89. The predicted octanol–water partition coefficient (Wildman–Crippen LogP) is 5.14. The monoisotopic (exact) mass is 373 g/mol. The number of rotatable bonds is 3. The zero-order chi connectivity index (χ0) is 18.9. The third-order valence-electron chi connectivity index (χ3n) is 4.36. The average Bonchev–Trinajstić information content (AvgIpc) is 2.99. The van der Waals surface area contributed by atoms with Gasteiger partial charge in [0.1, 0.15) is 11.4 Å². The first kappa shape index (κ1) is 18.7. The molecule has 1 saturated heterocycles. The highest BCUT2D eigenvalue weighted by atomic mass is 32.1. The van der Waals surface area contributed by atoms with Crippen molar-refractivity contribution in [2.75, 3.05) is 18.4 Å². The molecule has 0 aliphatic carbocycles. The van der Waals surface area contributed by atoms with E-state index in [2.05, 4.69) is 22.3 Å². The molecular weight excluding hydrogens is 346 g/mol. The van der Waals surface area contributed by atoms with Gasteiger partial charge in [-0.15, -0.1) is 11.3 Å². The van der Waals surface area contributed by atoms with E-state index >= 15 is 0 Å². The highest BCUT2D eigenvalue weighted by Crippen LogP contribution is 2.34. The quantitative estimate of drug-likeness (QED) is 0.809. The standard InChI is InChI=1S/C20H27N3O2S/c1-13(2)16-12-26-17-15(16)8-9-21-18(17)22-14-7-6-10-23(11-14)19(24)25-20(3,4)5/h8-9,12,14H,1,6-7,10-11H2,2-5H3,(H,21,22)/t14-/m1/s1. The number of likely N-dealkylation sites (tertiary alicyclic amines) is 1. The largest absolute Gasteiger partial charge is 0.444 e. The number of anilines is 1. The molecule has 0 radical (unpaired) electrons. The Morgan fingerprint density at radius 2 is 2.23 bits per heavy atom. The molecule has 140 valence electrons. The molecule has 0 aromatic carbocycles. The summed E-state index contributed by atoms with van der Waals surface area (Å²) in [5, 5.41) is 6.86. The highest BCUT2D eigenvalue weighted by Gasteiger charge is 2.28. The van der Waals surface area contributed by atoms with Crippen LogP contribution in [0, 0.1) is 0 Å². The maximum Gasteiger partial charge on any atom is 0.410 e.